The summed E-state index contributed by atoms with van der Waals surface area (Å²) in [5.41, 5.74) is 3.16. The van der Waals surface area contributed by atoms with Gasteiger partial charge in [0.15, 0.2) is 6.29 Å². The van der Waals surface area contributed by atoms with Gasteiger partial charge in [0.2, 0.25) is 0 Å². The Kier molecular flexibility index (Phi) is 12.6. The third-order valence-corrected chi connectivity index (χ3v) is 8.67. The van der Waals surface area contributed by atoms with Gasteiger partial charge in [-0.05, 0) is 80.6 Å². The topological polar surface area (TPSA) is 53.4 Å². The van der Waals surface area contributed by atoms with Gasteiger partial charge in [-0.25, -0.2) is 4.98 Å². The second-order valence-corrected chi connectivity index (χ2v) is 11.4. The highest BCUT2D eigenvalue weighted by molar-refractivity contribution is 7.15. The van der Waals surface area contributed by atoms with Crippen LogP contribution in [0.5, 0.6) is 0 Å². The van der Waals surface area contributed by atoms with E-state index in [9.17, 15) is 4.79 Å². The minimum atomic E-state index is 0.540. The molecule has 1 saturated carbocycles. The number of thiazole rings is 1. The van der Waals surface area contributed by atoms with E-state index < -0.39 is 0 Å². The lowest BCUT2D eigenvalue weighted by molar-refractivity contribution is -0.0441. The maximum absolute atomic E-state index is 10.8. The number of aryl methyl sites for hydroxylation is 1. The zero-order valence-corrected chi connectivity index (χ0v) is 25.0. The molecule has 3 aliphatic rings. The summed E-state index contributed by atoms with van der Waals surface area (Å²) >= 11 is 7.20. The van der Waals surface area contributed by atoms with Gasteiger partial charge in [-0.15, -0.1) is 11.3 Å². The van der Waals surface area contributed by atoms with Crippen LogP contribution in [0.1, 0.15) is 49.1 Å². The maximum Gasteiger partial charge on any atom is 0.169 e. The third-order valence-electron chi connectivity index (χ3n) is 7.40. The maximum atomic E-state index is 10.8. The summed E-state index contributed by atoms with van der Waals surface area (Å²) in [6, 6.07) is 16.9. The fraction of sp³-hybridized carbons (Fsp3) is 0.375. The lowest BCUT2D eigenvalue weighted by Gasteiger charge is -2.56. The summed E-state index contributed by atoms with van der Waals surface area (Å²) < 4.78 is 0. The Hall–Kier alpha value is -2.57. The first-order chi connectivity index (χ1) is 18.2. The van der Waals surface area contributed by atoms with E-state index in [0.29, 0.717) is 10.7 Å². The molecule has 2 aromatic carbocycles. The Balaban J connectivity index is 0.000000198. The molecule has 0 spiro atoms. The first-order valence-electron chi connectivity index (χ1n) is 12.9. The molecule has 38 heavy (non-hydrogen) atoms. The molecule has 1 N–H and O–H groups in total. The van der Waals surface area contributed by atoms with E-state index in [1.54, 1.807) is 29.0 Å². The smallest absolute Gasteiger partial charge is 0.169 e. The Morgan fingerprint density at radius 2 is 1.76 bits per heavy atom. The van der Waals surface area contributed by atoms with Gasteiger partial charge < -0.3 is 5.11 Å². The van der Waals surface area contributed by atoms with Crippen LogP contribution in [0.4, 0.5) is 0 Å². The van der Waals surface area contributed by atoms with Crippen LogP contribution in [-0.2, 0) is 0 Å². The van der Waals surface area contributed by atoms with Crippen LogP contribution in [0, 0.1) is 18.8 Å². The molecular formula is C32H41ClN2O2S. The zero-order chi connectivity index (χ0) is 28.4. The van der Waals surface area contributed by atoms with Crippen LogP contribution in [0.2, 0.25) is 5.02 Å². The SMILES string of the molecule is C/C=C(\C)C1C(C)C2CC(C2)N1C.C=c1ccc(Cl)cc1=C.CO.Cc1nc(C=O)c(-c2ccccc2)s1. The summed E-state index contributed by atoms with van der Waals surface area (Å²) in [6.45, 7) is 16.2. The number of aliphatic hydroxyl groups excluding tert-OH is 1. The van der Waals surface area contributed by atoms with Crippen molar-refractivity contribution in [3.63, 3.8) is 0 Å². The van der Waals surface area contributed by atoms with Crippen LogP contribution in [0.15, 0.2) is 60.2 Å². The number of benzene rings is 2. The lowest BCUT2D eigenvalue weighted by Crippen LogP contribution is -2.59. The van der Waals surface area contributed by atoms with Gasteiger partial charge in [0.1, 0.15) is 5.69 Å². The molecule has 6 rings (SSSR count). The molecule has 204 valence electrons. The van der Waals surface area contributed by atoms with E-state index in [-0.39, 0.29) is 0 Å². The average Bonchev–Trinajstić information content (AvgIpc) is 3.28. The Bertz CT molecular complexity index is 1280. The molecule has 2 aliphatic heterocycles. The van der Waals surface area contributed by atoms with Crippen LogP contribution in [0.25, 0.3) is 23.6 Å². The van der Waals surface area contributed by atoms with Gasteiger partial charge >= 0.3 is 0 Å². The molecular weight excluding hydrogens is 512 g/mol. The van der Waals surface area contributed by atoms with Gasteiger partial charge in [-0.3, -0.25) is 9.69 Å². The highest BCUT2D eigenvalue weighted by atomic mass is 35.5. The fourth-order valence-corrected chi connectivity index (χ4v) is 6.15. The number of aromatic nitrogens is 1. The monoisotopic (exact) mass is 552 g/mol. The first-order valence-corrected chi connectivity index (χ1v) is 14.1. The number of allylic oxidation sites excluding steroid dienone is 1. The van der Waals surface area contributed by atoms with E-state index in [1.807, 2.05) is 43.3 Å². The Morgan fingerprint density at radius 1 is 1.13 bits per heavy atom. The molecule has 3 heterocycles. The minimum absolute atomic E-state index is 0.540. The van der Waals surface area contributed by atoms with Crippen LogP contribution >= 0.6 is 22.9 Å². The zero-order valence-electron chi connectivity index (χ0n) is 23.4. The Labute approximate surface area is 237 Å². The molecule has 1 aliphatic carbocycles. The molecule has 2 bridgehead atoms. The molecule has 3 aromatic rings. The van der Waals surface area contributed by atoms with E-state index in [4.69, 9.17) is 16.7 Å². The first kappa shape index (κ1) is 31.6. The van der Waals surface area contributed by atoms with Crippen LogP contribution < -0.4 is 10.4 Å². The van der Waals surface area contributed by atoms with E-state index >= 15 is 0 Å². The predicted molar refractivity (Wildman–Crippen MR) is 164 cm³/mol. The fourth-order valence-electron chi connectivity index (χ4n) is 5.07. The minimum Gasteiger partial charge on any atom is -0.400 e. The molecule has 3 fully saturated rings. The van der Waals surface area contributed by atoms with Crippen molar-refractivity contribution in [1.82, 2.24) is 9.88 Å². The van der Waals surface area contributed by atoms with Gasteiger partial charge in [-0.1, -0.05) is 79.7 Å². The summed E-state index contributed by atoms with van der Waals surface area (Å²) in [6.07, 6.45) is 5.99. The van der Waals surface area contributed by atoms with Crippen molar-refractivity contribution in [3.05, 3.63) is 86.3 Å². The number of likely N-dealkylation sites (N-methyl/N-ethyl adjacent to an activating group) is 1. The normalized spacial score (nSPS) is 21.8. The predicted octanol–water partition coefficient (Wildman–Crippen LogP) is 6.38. The van der Waals surface area contributed by atoms with Crippen molar-refractivity contribution >= 4 is 42.4 Å². The molecule has 0 radical (unpaired) electrons. The number of nitrogens with zero attached hydrogens (tertiary/aromatic N) is 2. The van der Waals surface area contributed by atoms with Crippen molar-refractivity contribution in [1.29, 1.82) is 0 Å². The number of aliphatic hydroxyl groups is 1. The molecule has 2 unspecified atom stereocenters. The molecule has 4 nitrogen and oxygen atoms in total. The molecule has 2 saturated heterocycles. The number of carbonyl (C=O) groups is 1. The number of piperidine rings is 2. The number of carbonyl (C=O) groups excluding carboxylic acids is 1. The van der Waals surface area contributed by atoms with Crippen molar-refractivity contribution < 1.29 is 9.90 Å². The number of fused-ring (bicyclic) bond motifs is 2. The largest absolute Gasteiger partial charge is 0.400 e. The highest BCUT2D eigenvalue weighted by Gasteiger charge is 2.47. The van der Waals surface area contributed by atoms with Gasteiger partial charge in [0, 0.05) is 24.2 Å². The van der Waals surface area contributed by atoms with E-state index in [0.717, 1.165) is 63.2 Å². The number of hydrogen-bond acceptors (Lipinski definition) is 5. The van der Waals surface area contributed by atoms with Crippen molar-refractivity contribution in [3.8, 4) is 10.4 Å². The summed E-state index contributed by atoms with van der Waals surface area (Å²) in [7, 11) is 3.30. The van der Waals surface area contributed by atoms with Gasteiger partial charge in [0.05, 0.1) is 9.88 Å². The van der Waals surface area contributed by atoms with Crippen molar-refractivity contribution in [2.75, 3.05) is 14.2 Å². The standard InChI is InChI=1S/C12H21N.C11H9NOS.C8H7Cl.CH4O/c1-5-8(2)12-9(3)10-6-11(7-10)13(12)4;1-8-12-10(7-13)11(14-8)9-5-3-2-4-6-9;1-6-3-4-8(9)5-7(6)2;1-2/h5,9-12H,6-7H2,1-4H3;2-7H,1H3;3-5H,1-2H2;2H,1H3/b8-5+;;;. The van der Waals surface area contributed by atoms with Crippen LogP contribution in [0.3, 0.4) is 0 Å². The van der Waals surface area contributed by atoms with Gasteiger partial charge in [-0.2, -0.15) is 0 Å². The second kappa shape index (κ2) is 15.1. The summed E-state index contributed by atoms with van der Waals surface area (Å²) in [5.74, 6) is 1.88. The average molecular weight is 553 g/mol. The van der Waals surface area contributed by atoms with E-state index in [1.165, 1.54) is 12.8 Å². The highest BCUT2D eigenvalue weighted by Crippen LogP contribution is 2.47. The molecule has 2 atom stereocenters. The molecule has 1 aromatic heterocycles. The van der Waals surface area contributed by atoms with Gasteiger partial charge in [0.25, 0.3) is 0 Å². The number of halogens is 1. The third kappa shape index (κ3) is 7.97. The summed E-state index contributed by atoms with van der Waals surface area (Å²) in [4.78, 5) is 18.5. The molecule has 6 heteroatoms. The number of hydrogen-bond donors (Lipinski definition) is 1. The summed E-state index contributed by atoms with van der Waals surface area (Å²) in [5, 5.41) is 10.5. The van der Waals surface area contributed by atoms with E-state index in [2.05, 4.69) is 56.9 Å². The number of rotatable bonds is 3. The quantitative estimate of drug-likeness (QED) is 0.302. The van der Waals surface area contributed by atoms with Crippen LogP contribution in [-0.4, -0.2) is 47.5 Å². The van der Waals surface area contributed by atoms with Crippen molar-refractivity contribution in [2.45, 2.75) is 52.6 Å². The lowest BCUT2D eigenvalue weighted by atomic mass is 9.64. The number of aldehydes is 1. The second-order valence-electron chi connectivity index (χ2n) is 9.73. The Morgan fingerprint density at radius 3 is 2.26 bits per heavy atom. The van der Waals surface area contributed by atoms with Crippen molar-refractivity contribution in [2.24, 2.45) is 11.8 Å². The molecule has 0 amide bonds.